The molecule has 0 bridgehead atoms. The van der Waals surface area contributed by atoms with Crippen LogP contribution in [0.15, 0.2) is 81.1 Å². The SMILES string of the molecule is CCc1nc2ccc(Br)cc2c(=O)n1N=Cc1cccc(OCc2cccc(F)c2)c1. The van der Waals surface area contributed by atoms with Gasteiger partial charge in [-0.1, -0.05) is 47.1 Å². The van der Waals surface area contributed by atoms with Gasteiger partial charge in [0.1, 0.15) is 24.0 Å². The van der Waals surface area contributed by atoms with Crippen molar-refractivity contribution < 1.29 is 9.13 Å². The molecule has 4 aromatic rings. The number of hydrogen-bond donors (Lipinski definition) is 0. The Balaban J connectivity index is 1.60. The molecule has 1 heterocycles. The molecular formula is C24H19BrFN3O2. The third-order valence-electron chi connectivity index (χ3n) is 4.67. The standard InChI is InChI=1S/C24H19BrFN3O2/c1-2-23-28-22-10-9-18(25)13-21(22)24(30)29(23)27-14-16-5-4-8-20(12-16)31-15-17-6-3-7-19(26)11-17/h3-14H,2,15H2,1H3. The Morgan fingerprint density at radius 3 is 2.77 bits per heavy atom. The lowest BCUT2D eigenvalue weighted by molar-refractivity contribution is 0.305. The van der Waals surface area contributed by atoms with Crippen LogP contribution in [0.4, 0.5) is 4.39 Å². The molecule has 0 aliphatic carbocycles. The van der Waals surface area contributed by atoms with E-state index in [4.69, 9.17) is 4.74 Å². The molecule has 0 fully saturated rings. The van der Waals surface area contributed by atoms with E-state index >= 15 is 0 Å². The van der Waals surface area contributed by atoms with Crippen LogP contribution in [0.25, 0.3) is 10.9 Å². The summed E-state index contributed by atoms with van der Waals surface area (Å²) in [6.07, 6.45) is 2.16. The lowest BCUT2D eigenvalue weighted by atomic mass is 10.2. The Morgan fingerprint density at radius 1 is 1.13 bits per heavy atom. The monoisotopic (exact) mass is 479 g/mol. The van der Waals surface area contributed by atoms with E-state index in [1.165, 1.54) is 16.8 Å². The first-order valence-corrected chi connectivity index (χ1v) is 10.6. The number of aryl methyl sites for hydroxylation is 1. The van der Waals surface area contributed by atoms with Gasteiger partial charge in [0.05, 0.1) is 17.1 Å². The minimum Gasteiger partial charge on any atom is -0.489 e. The largest absolute Gasteiger partial charge is 0.489 e. The zero-order valence-electron chi connectivity index (χ0n) is 16.8. The number of hydrogen-bond acceptors (Lipinski definition) is 4. The Hall–Kier alpha value is -3.32. The van der Waals surface area contributed by atoms with E-state index in [0.29, 0.717) is 28.9 Å². The molecule has 4 rings (SSSR count). The van der Waals surface area contributed by atoms with Crippen LogP contribution in [0.2, 0.25) is 0 Å². The summed E-state index contributed by atoms with van der Waals surface area (Å²) in [5, 5.41) is 4.89. The molecule has 0 radical (unpaired) electrons. The van der Waals surface area contributed by atoms with Crippen molar-refractivity contribution in [2.45, 2.75) is 20.0 Å². The van der Waals surface area contributed by atoms with Gasteiger partial charge in [-0.3, -0.25) is 4.79 Å². The van der Waals surface area contributed by atoms with Crippen molar-refractivity contribution in [2.24, 2.45) is 5.10 Å². The van der Waals surface area contributed by atoms with E-state index in [0.717, 1.165) is 15.6 Å². The zero-order chi connectivity index (χ0) is 21.8. The average Bonchev–Trinajstić information content (AvgIpc) is 2.77. The van der Waals surface area contributed by atoms with Crippen molar-refractivity contribution in [3.8, 4) is 5.75 Å². The third kappa shape index (κ3) is 4.88. The highest BCUT2D eigenvalue weighted by Gasteiger charge is 2.09. The molecule has 0 atom stereocenters. The normalized spacial score (nSPS) is 11.3. The van der Waals surface area contributed by atoms with Gasteiger partial charge < -0.3 is 4.74 Å². The van der Waals surface area contributed by atoms with Crippen LogP contribution in [-0.4, -0.2) is 15.9 Å². The fourth-order valence-corrected chi connectivity index (χ4v) is 3.51. The summed E-state index contributed by atoms with van der Waals surface area (Å²) in [7, 11) is 0. The molecule has 156 valence electrons. The summed E-state index contributed by atoms with van der Waals surface area (Å²) < 4.78 is 21.2. The summed E-state index contributed by atoms with van der Waals surface area (Å²) >= 11 is 3.40. The molecule has 0 aliphatic heterocycles. The second-order valence-corrected chi connectivity index (χ2v) is 7.81. The van der Waals surface area contributed by atoms with Gasteiger partial charge in [-0.25, -0.2) is 9.37 Å². The maximum Gasteiger partial charge on any atom is 0.282 e. The van der Waals surface area contributed by atoms with Crippen LogP contribution in [0, 0.1) is 5.82 Å². The maximum absolute atomic E-state index is 13.3. The highest BCUT2D eigenvalue weighted by atomic mass is 79.9. The molecule has 3 aromatic carbocycles. The second-order valence-electron chi connectivity index (χ2n) is 6.90. The van der Waals surface area contributed by atoms with Crippen molar-refractivity contribution in [3.05, 3.63) is 104 Å². The van der Waals surface area contributed by atoms with E-state index in [2.05, 4.69) is 26.0 Å². The van der Waals surface area contributed by atoms with E-state index in [1.54, 1.807) is 24.4 Å². The zero-order valence-corrected chi connectivity index (χ0v) is 18.3. The average molecular weight is 480 g/mol. The first-order valence-electron chi connectivity index (χ1n) is 9.76. The number of ether oxygens (including phenoxy) is 1. The Labute approximate surface area is 187 Å². The molecule has 0 spiro atoms. The van der Waals surface area contributed by atoms with E-state index in [1.807, 2.05) is 43.3 Å². The summed E-state index contributed by atoms with van der Waals surface area (Å²) in [5.41, 5.74) is 1.92. The second kappa shape index (κ2) is 9.22. The number of fused-ring (bicyclic) bond motifs is 1. The van der Waals surface area contributed by atoms with Crippen molar-refractivity contribution in [3.63, 3.8) is 0 Å². The number of aromatic nitrogens is 2. The Kier molecular flexibility index (Phi) is 6.23. The van der Waals surface area contributed by atoms with Gasteiger partial charge >= 0.3 is 0 Å². The number of nitrogens with zero attached hydrogens (tertiary/aromatic N) is 3. The van der Waals surface area contributed by atoms with Crippen LogP contribution in [-0.2, 0) is 13.0 Å². The molecule has 0 N–H and O–H groups in total. The fourth-order valence-electron chi connectivity index (χ4n) is 3.15. The first-order chi connectivity index (χ1) is 15.0. The molecule has 31 heavy (non-hydrogen) atoms. The van der Waals surface area contributed by atoms with Gasteiger partial charge in [0.2, 0.25) is 0 Å². The van der Waals surface area contributed by atoms with E-state index in [9.17, 15) is 9.18 Å². The molecule has 0 saturated carbocycles. The van der Waals surface area contributed by atoms with Crippen molar-refractivity contribution >= 4 is 33.0 Å². The van der Waals surface area contributed by atoms with Crippen LogP contribution in [0.1, 0.15) is 23.9 Å². The Morgan fingerprint density at radius 2 is 1.97 bits per heavy atom. The minimum absolute atomic E-state index is 0.224. The highest BCUT2D eigenvalue weighted by molar-refractivity contribution is 9.10. The Bertz CT molecular complexity index is 1330. The smallest absolute Gasteiger partial charge is 0.282 e. The van der Waals surface area contributed by atoms with Gasteiger partial charge in [0.25, 0.3) is 5.56 Å². The highest BCUT2D eigenvalue weighted by Crippen LogP contribution is 2.17. The van der Waals surface area contributed by atoms with Crippen LogP contribution < -0.4 is 10.3 Å². The van der Waals surface area contributed by atoms with Crippen LogP contribution in [0.5, 0.6) is 5.75 Å². The molecule has 1 aromatic heterocycles. The topological polar surface area (TPSA) is 56.5 Å². The van der Waals surface area contributed by atoms with E-state index < -0.39 is 0 Å². The maximum atomic E-state index is 13.3. The van der Waals surface area contributed by atoms with Gasteiger partial charge in [0, 0.05) is 10.9 Å². The fraction of sp³-hybridized carbons (Fsp3) is 0.125. The van der Waals surface area contributed by atoms with E-state index in [-0.39, 0.29) is 18.0 Å². The minimum atomic E-state index is -0.296. The molecule has 0 amide bonds. The predicted molar refractivity (Wildman–Crippen MR) is 123 cm³/mol. The predicted octanol–water partition coefficient (Wildman–Crippen LogP) is 5.32. The lowest BCUT2D eigenvalue weighted by Crippen LogP contribution is -2.22. The third-order valence-corrected chi connectivity index (χ3v) is 5.16. The molecule has 5 nitrogen and oxygen atoms in total. The summed E-state index contributed by atoms with van der Waals surface area (Å²) in [6.45, 7) is 2.18. The molecule has 7 heteroatoms. The number of halogens is 2. The van der Waals surface area contributed by atoms with Crippen molar-refractivity contribution in [2.75, 3.05) is 0 Å². The quantitative estimate of drug-likeness (QED) is 0.351. The molecule has 0 saturated heterocycles. The summed E-state index contributed by atoms with van der Waals surface area (Å²) in [5.74, 6) is 0.904. The van der Waals surface area contributed by atoms with Gasteiger partial charge in [0.15, 0.2) is 0 Å². The molecule has 0 aliphatic rings. The van der Waals surface area contributed by atoms with Crippen LogP contribution in [0.3, 0.4) is 0 Å². The summed E-state index contributed by atoms with van der Waals surface area (Å²) in [6, 6.07) is 19.0. The molecule has 0 unspecified atom stereocenters. The van der Waals surface area contributed by atoms with Crippen molar-refractivity contribution in [1.29, 1.82) is 0 Å². The first kappa shape index (κ1) is 20.9. The van der Waals surface area contributed by atoms with Crippen molar-refractivity contribution in [1.82, 2.24) is 9.66 Å². The van der Waals surface area contributed by atoms with Gasteiger partial charge in [-0.05, 0) is 53.6 Å². The lowest BCUT2D eigenvalue weighted by Gasteiger charge is -2.08. The number of rotatable bonds is 6. The van der Waals surface area contributed by atoms with Gasteiger partial charge in [-0.15, -0.1) is 0 Å². The molecular weight excluding hydrogens is 461 g/mol. The number of benzene rings is 3. The van der Waals surface area contributed by atoms with Crippen LogP contribution >= 0.6 is 15.9 Å². The summed E-state index contributed by atoms with van der Waals surface area (Å²) in [4.78, 5) is 17.5. The van der Waals surface area contributed by atoms with Gasteiger partial charge in [-0.2, -0.15) is 9.78 Å².